The van der Waals surface area contributed by atoms with Crippen LogP contribution in [0.2, 0.25) is 0 Å². The van der Waals surface area contributed by atoms with Crippen LogP contribution in [0.4, 0.5) is 4.39 Å². The summed E-state index contributed by atoms with van der Waals surface area (Å²) in [6.45, 7) is 1.89. The number of aromatic nitrogens is 1. The largest absolute Gasteiger partial charge is 0.298 e. The lowest BCUT2D eigenvalue weighted by molar-refractivity contribution is 0.112. The number of hydrogen-bond donors (Lipinski definition) is 0. The summed E-state index contributed by atoms with van der Waals surface area (Å²) in [4.78, 5) is 15.8. The molecule has 0 radical (unpaired) electrons. The fourth-order valence-electron chi connectivity index (χ4n) is 1.34. The van der Waals surface area contributed by atoms with Gasteiger partial charge in [0.25, 0.3) is 0 Å². The lowest BCUT2D eigenvalue weighted by Crippen LogP contribution is -1.87. The first-order valence-electron chi connectivity index (χ1n) is 4.38. The molecule has 0 atom stereocenters. The van der Waals surface area contributed by atoms with Crippen LogP contribution in [0.5, 0.6) is 0 Å². The van der Waals surface area contributed by atoms with Gasteiger partial charge in [-0.05, 0) is 25.1 Å². The van der Waals surface area contributed by atoms with Crippen molar-refractivity contribution in [2.24, 2.45) is 0 Å². The molecule has 0 amide bonds. The van der Waals surface area contributed by atoms with E-state index in [1.165, 1.54) is 23.5 Å². The minimum absolute atomic E-state index is 0.360. The number of nitrogens with zero attached hydrogens (tertiary/aromatic N) is 1. The molecule has 0 aliphatic heterocycles. The standard InChI is InChI=1S/C11H8FNOS/c1-7-13-5-11(15-7)10-3-2-9(12)4-8(10)6-14/h2-6H,1H3. The molecule has 4 heteroatoms. The van der Waals surface area contributed by atoms with Gasteiger partial charge in [0.15, 0.2) is 6.29 Å². The van der Waals surface area contributed by atoms with Crippen molar-refractivity contribution in [1.29, 1.82) is 0 Å². The number of hydrogen-bond acceptors (Lipinski definition) is 3. The lowest BCUT2D eigenvalue weighted by Gasteiger charge is -2.00. The van der Waals surface area contributed by atoms with Crippen LogP contribution in [0.15, 0.2) is 24.4 Å². The molecular formula is C11H8FNOS. The summed E-state index contributed by atoms with van der Waals surface area (Å²) in [6.07, 6.45) is 2.35. The number of halogens is 1. The smallest absolute Gasteiger partial charge is 0.150 e. The summed E-state index contributed by atoms with van der Waals surface area (Å²) < 4.78 is 12.9. The van der Waals surface area contributed by atoms with Crippen LogP contribution in [-0.4, -0.2) is 11.3 Å². The molecule has 1 aromatic carbocycles. The summed E-state index contributed by atoms with van der Waals surface area (Å²) in [5.74, 6) is -0.401. The predicted molar refractivity (Wildman–Crippen MR) is 57.6 cm³/mol. The zero-order valence-corrected chi connectivity index (χ0v) is 8.84. The van der Waals surface area contributed by atoms with Crippen molar-refractivity contribution >= 4 is 17.6 Å². The van der Waals surface area contributed by atoms with Gasteiger partial charge in [0.05, 0.1) is 9.88 Å². The molecule has 0 bridgehead atoms. The van der Waals surface area contributed by atoms with Crippen LogP contribution in [0.3, 0.4) is 0 Å². The monoisotopic (exact) mass is 221 g/mol. The van der Waals surface area contributed by atoms with Gasteiger partial charge < -0.3 is 0 Å². The average molecular weight is 221 g/mol. The number of thiazole rings is 1. The molecule has 0 saturated carbocycles. The number of aryl methyl sites for hydroxylation is 1. The van der Waals surface area contributed by atoms with Crippen molar-refractivity contribution in [2.75, 3.05) is 0 Å². The molecule has 15 heavy (non-hydrogen) atoms. The number of carbonyl (C=O) groups excluding carboxylic acids is 1. The van der Waals surface area contributed by atoms with E-state index in [9.17, 15) is 9.18 Å². The van der Waals surface area contributed by atoms with Crippen LogP contribution in [0, 0.1) is 12.7 Å². The molecule has 2 nitrogen and oxygen atoms in total. The first-order valence-corrected chi connectivity index (χ1v) is 5.20. The Labute approximate surface area is 90.4 Å². The Morgan fingerprint density at radius 1 is 1.47 bits per heavy atom. The Hall–Kier alpha value is -1.55. The number of aldehydes is 1. The third kappa shape index (κ3) is 1.94. The molecule has 0 saturated heterocycles. The Balaban J connectivity index is 2.57. The molecule has 0 spiro atoms. The molecule has 1 heterocycles. The van der Waals surface area contributed by atoms with Crippen molar-refractivity contribution < 1.29 is 9.18 Å². The molecule has 2 aromatic rings. The van der Waals surface area contributed by atoms with Gasteiger partial charge in [-0.3, -0.25) is 4.79 Å². The highest BCUT2D eigenvalue weighted by Crippen LogP contribution is 2.28. The summed E-state index contributed by atoms with van der Waals surface area (Å²) in [7, 11) is 0. The molecule has 2 rings (SSSR count). The molecule has 0 fully saturated rings. The van der Waals surface area contributed by atoms with Crippen LogP contribution in [0.1, 0.15) is 15.4 Å². The third-order valence-electron chi connectivity index (χ3n) is 2.03. The Morgan fingerprint density at radius 3 is 2.87 bits per heavy atom. The summed E-state index contributed by atoms with van der Waals surface area (Å²) in [6, 6.07) is 4.18. The van der Waals surface area contributed by atoms with Gasteiger partial charge in [0.2, 0.25) is 0 Å². The van der Waals surface area contributed by atoms with E-state index in [1.807, 2.05) is 6.92 Å². The molecule has 76 valence electrons. The number of carbonyl (C=O) groups is 1. The van der Waals surface area contributed by atoms with Crippen LogP contribution in [0.25, 0.3) is 10.4 Å². The summed E-state index contributed by atoms with van der Waals surface area (Å²) in [5, 5.41) is 0.922. The van der Waals surface area contributed by atoms with E-state index < -0.39 is 5.82 Å². The zero-order chi connectivity index (χ0) is 10.8. The van der Waals surface area contributed by atoms with E-state index in [2.05, 4.69) is 4.98 Å². The van der Waals surface area contributed by atoms with Crippen LogP contribution in [-0.2, 0) is 0 Å². The highest BCUT2D eigenvalue weighted by atomic mass is 32.1. The Morgan fingerprint density at radius 2 is 2.27 bits per heavy atom. The van der Waals surface area contributed by atoms with Crippen molar-refractivity contribution in [3.05, 3.63) is 40.8 Å². The highest BCUT2D eigenvalue weighted by Gasteiger charge is 2.08. The Bertz CT molecular complexity index is 507. The molecular weight excluding hydrogens is 213 g/mol. The van der Waals surface area contributed by atoms with Crippen molar-refractivity contribution in [3.63, 3.8) is 0 Å². The normalized spacial score (nSPS) is 10.3. The van der Waals surface area contributed by atoms with E-state index in [-0.39, 0.29) is 0 Å². The quantitative estimate of drug-likeness (QED) is 0.729. The Kier molecular flexibility index (Phi) is 2.60. The van der Waals surface area contributed by atoms with Crippen LogP contribution < -0.4 is 0 Å². The van der Waals surface area contributed by atoms with Crippen molar-refractivity contribution in [2.45, 2.75) is 6.92 Å². The van der Waals surface area contributed by atoms with Gasteiger partial charge in [-0.15, -0.1) is 11.3 Å². The van der Waals surface area contributed by atoms with E-state index >= 15 is 0 Å². The van der Waals surface area contributed by atoms with Crippen molar-refractivity contribution in [3.8, 4) is 10.4 Å². The molecule has 0 unspecified atom stereocenters. The van der Waals surface area contributed by atoms with Crippen LogP contribution >= 0.6 is 11.3 Å². The van der Waals surface area contributed by atoms with E-state index in [0.717, 1.165) is 15.4 Å². The van der Waals surface area contributed by atoms with Gasteiger partial charge in [0.1, 0.15) is 5.82 Å². The molecule has 1 aromatic heterocycles. The molecule has 0 N–H and O–H groups in total. The van der Waals surface area contributed by atoms with Gasteiger partial charge in [-0.25, -0.2) is 9.37 Å². The van der Waals surface area contributed by atoms with E-state index in [1.54, 1.807) is 12.3 Å². The minimum atomic E-state index is -0.401. The minimum Gasteiger partial charge on any atom is -0.298 e. The molecule has 0 aliphatic rings. The first-order chi connectivity index (χ1) is 7.20. The number of benzene rings is 1. The maximum atomic E-state index is 12.9. The third-order valence-corrected chi connectivity index (χ3v) is 2.97. The maximum absolute atomic E-state index is 12.9. The lowest BCUT2D eigenvalue weighted by atomic mass is 10.1. The average Bonchev–Trinajstić information content (AvgIpc) is 2.64. The van der Waals surface area contributed by atoms with Crippen molar-refractivity contribution in [1.82, 2.24) is 4.98 Å². The zero-order valence-electron chi connectivity index (χ0n) is 8.03. The second kappa shape index (κ2) is 3.90. The van der Waals surface area contributed by atoms with Gasteiger partial charge in [0, 0.05) is 17.3 Å². The summed E-state index contributed by atoms with van der Waals surface area (Å²) >= 11 is 1.48. The summed E-state index contributed by atoms with van der Waals surface area (Å²) in [5.41, 5.74) is 1.09. The number of rotatable bonds is 2. The van der Waals surface area contributed by atoms with Gasteiger partial charge in [-0.1, -0.05) is 0 Å². The second-order valence-corrected chi connectivity index (χ2v) is 4.33. The van der Waals surface area contributed by atoms with Gasteiger partial charge >= 0.3 is 0 Å². The van der Waals surface area contributed by atoms with E-state index in [0.29, 0.717) is 11.8 Å². The van der Waals surface area contributed by atoms with Gasteiger partial charge in [-0.2, -0.15) is 0 Å². The maximum Gasteiger partial charge on any atom is 0.150 e. The fraction of sp³-hybridized carbons (Fsp3) is 0.0909. The SMILES string of the molecule is Cc1ncc(-c2ccc(F)cc2C=O)s1. The first kappa shape index (κ1) is 9.98. The molecule has 0 aliphatic carbocycles. The highest BCUT2D eigenvalue weighted by molar-refractivity contribution is 7.15. The second-order valence-electron chi connectivity index (χ2n) is 3.09. The predicted octanol–water partition coefficient (Wildman–Crippen LogP) is 3.07. The topological polar surface area (TPSA) is 30.0 Å². The fourth-order valence-corrected chi connectivity index (χ4v) is 2.17. The van der Waals surface area contributed by atoms with E-state index in [4.69, 9.17) is 0 Å².